The van der Waals surface area contributed by atoms with Crippen molar-refractivity contribution in [3.05, 3.63) is 23.8 Å². The third-order valence-corrected chi connectivity index (χ3v) is 6.64. The van der Waals surface area contributed by atoms with Gasteiger partial charge >= 0.3 is 24.2 Å². The van der Waals surface area contributed by atoms with E-state index in [0.29, 0.717) is 18.4 Å². The van der Waals surface area contributed by atoms with E-state index in [0.717, 1.165) is 32.1 Å². The van der Waals surface area contributed by atoms with Crippen molar-refractivity contribution in [3.63, 3.8) is 0 Å². The second kappa shape index (κ2) is 19.7. The second-order valence-corrected chi connectivity index (χ2v) is 10.6. The summed E-state index contributed by atoms with van der Waals surface area (Å²) in [5, 5.41) is 0. The first kappa shape index (κ1) is 36.7. The highest BCUT2D eigenvalue weighted by Gasteiger charge is 2.38. The summed E-state index contributed by atoms with van der Waals surface area (Å²) in [6.45, 7) is 10.0. The summed E-state index contributed by atoms with van der Waals surface area (Å²) in [5.41, 5.74) is 5.42. The summed E-state index contributed by atoms with van der Waals surface area (Å²) in [5.74, 6) is -1.10. The molecule has 0 aliphatic carbocycles. The fourth-order valence-electron chi connectivity index (χ4n) is 4.13. The zero-order chi connectivity index (χ0) is 31.5. The van der Waals surface area contributed by atoms with Gasteiger partial charge in [0.1, 0.15) is 11.6 Å². The molecule has 0 saturated carbocycles. The maximum Gasteiger partial charge on any atom is 0.513 e. The Kier molecular flexibility index (Phi) is 17.2. The van der Waals surface area contributed by atoms with Crippen molar-refractivity contribution in [2.75, 3.05) is 20.3 Å². The molecule has 1 aromatic rings. The van der Waals surface area contributed by atoms with Gasteiger partial charge in [-0.15, -0.1) is 0 Å². The maximum absolute atomic E-state index is 12.8. The zero-order valence-electron chi connectivity index (χ0n) is 26.0. The molecule has 0 amide bonds. The lowest BCUT2D eigenvalue weighted by molar-refractivity contribution is -0.155. The SMILES string of the molecule is CCCCCOC(=O)Oc1ccc(C[C@](N)(CC(C)OC(=O)CC(C)CC)C(=O)OC)cc1OC(=O)OCCCCC. The fourth-order valence-corrected chi connectivity index (χ4v) is 4.13. The summed E-state index contributed by atoms with van der Waals surface area (Å²) in [6, 6.07) is 4.41. The lowest BCUT2D eigenvalue weighted by Crippen LogP contribution is -2.53. The molecule has 0 fully saturated rings. The van der Waals surface area contributed by atoms with Gasteiger partial charge in [-0.3, -0.25) is 9.59 Å². The first-order valence-corrected chi connectivity index (χ1v) is 14.9. The van der Waals surface area contributed by atoms with Crippen LogP contribution in [0.25, 0.3) is 0 Å². The van der Waals surface area contributed by atoms with Crippen LogP contribution in [0.2, 0.25) is 0 Å². The third kappa shape index (κ3) is 14.0. The van der Waals surface area contributed by atoms with Crippen molar-refractivity contribution in [2.24, 2.45) is 11.7 Å². The van der Waals surface area contributed by atoms with Crippen LogP contribution in [0.1, 0.15) is 98.0 Å². The lowest BCUT2D eigenvalue weighted by atomic mass is 9.86. The van der Waals surface area contributed by atoms with Gasteiger partial charge < -0.3 is 34.2 Å². The highest BCUT2D eigenvalue weighted by atomic mass is 16.7. The van der Waals surface area contributed by atoms with Crippen molar-refractivity contribution in [3.8, 4) is 11.5 Å². The molecule has 0 aliphatic heterocycles. The van der Waals surface area contributed by atoms with Gasteiger partial charge in [0.2, 0.25) is 0 Å². The van der Waals surface area contributed by atoms with Gasteiger partial charge in [0, 0.05) is 19.3 Å². The van der Waals surface area contributed by atoms with Crippen LogP contribution in [0.3, 0.4) is 0 Å². The average Bonchev–Trinajstić information content (AvgIpc) is 2.94. The molecule has 3 atom stereocenters. The molecule has 0 aliphatic rings. The van der Waals surface area contributed by atoms with E-state index in [2.05, 4.69) is 0 Å². The number of benzene rings is 1. The number of ether oxygens (including phenoxy) is 6. The summed E-state index contributed by atoms with van der Waals surface area (Å²) >= 11 is 0. The Morgan fingerprint density at radius 1 is 0.857 bits per heavy atom. The van der Waals surface area contributed by atoms with Crippen LogP contribution in [-0.4, -0.2) is 56.2 Å². The van der Waals surface area contributed by atoms with Crippen molar-refractivity contribution >= 4 is 24.2 Å². The molecule has 11 nitrogen and oxygen atoms in total. The average molecular weight is 596 g/mol. The van der Waals surface area contributed by atoms with Gasteiger partial charge in [-0.25, -0.2) is 9.59 Å². The second-order valence-electron chi connectivity index (χ2n) is 10.6. The van der Waals surface area contributed by atoms with Gasteiger partial charge in [-0.05, 0) is 43.4 Å². The number of rotatable bonds is 19. The van der Waals surface area contributed by atoms with E-state index in [4.69, 9.17) is 34.2 Å². The molecule has 0 spiro atoms. The molecule has 0 saturated heterocycles. The number of unbranched alkanes of at least 4 members (excludes halogenated alkanes) is 4. The lowest BCUT2D eigenvalue weighted by Gasteiger charge is -2.29. The van der Waals surface area contributed by atoms with Crippen LogP contribution < -0.4 is 15.2 Å². The summed E-state index contributed by atoms with van der Waals surface area (Å²) < 4.78 is 31.4. The highest BCUT2D eigenvalue weighted by molar-refractivity contribution is 5.81. The first-order valence-electron chi connectivity index (χ1n) is 14.9. The molecule has 238 valence electrons. The van der Waals surface area contributed by atoms with Crippen LogP contribution in [0.4, 0.5) is 9.59 Å². The minimum atomic E-state index is -1.58. The van der Waals surface area contributed by atoms with Crippen LogP contribution in [0.15, 0.2) is 18.2 Å². The van der Waals surface area contributed by atoms with Crippen LogP contribution in [0.5, 0.6) is 11.5 Å². The first-order chi connectivity index (χ1) is 20.0. The van der Waals surface area contributed by atoms with Crippen molar-refractivity contribution in [2.45, 2.75) is 110 Å². The molecule has 2 unspecified atom stereocenters. The molecule has 1 aromatic carbocycles. The number of methoxy groups -OCH3 is 1. The quantitative estimate of drug-likeness (QED) is 0.0834. The van der Waals surface area contributed by atoms with E-state index in [1.165, 1.54) is 19.2 Å². The van der Waals surface area contributed by atoms with E-state index in [9.17, 15) is 19.2 Å². The summed E-state index contributed by atoms with van der Waals surface area (Å²) in [4.78, 5) is 49.7. The molecule has 0 heterocycles. The predicted molar refractivity (Wildman–Crippen MR) is 156 cm³/mol. The Morgan fingerprint density at radius 2 is 1.43 bits per heavy atom. The number of carbonyl (C=O) groups excluding carboxylic acids is 4. The summed E-state index contributed by atoms with van der Waals surface area (Å²) in [6.07, 6.45) is 3.48. The van der Waals surface area contributed by atoms with Gasteiger partial charge in [-0.1, -0.05) is 65.9 Å². The smallest absolute Gasteiger partial charge is 0.468 e. The van der Waals surface area contributed by atoms with Crippen molar-refractivity contribution in [1.82, 2.24) is 0 Å². The molecule has 0 bridgehead atoms. The van der Waals surface area contributed by atoms with E-state index >= 15 is 0 Å². The standard InChI is InChI=1S/C31H49NO10/c1-7-10-12-16-38-29(35)41-25-15-14-24(19-26(25)42-30(36)39-17-13-11-8-2)21-31(32,28(34)37-6)20-23(5)40-27(33)18-22(4)9-3/h14-15,19,22-23H,7-13,16-18,20-21,32H2,1-6H3/t22?,23?,31-/m1/s1. The molecule has 0 aromatic heterocycles. The summed E-state index contributed by atoms with van der Waals surface area (Å²) in [7, 11) is 1.22. The number of nitrogens with two attached hydrogens (primary N) is 1. The monoisotopic (exact) mass is 595 g/mol. The minimum absolute atomic E-state index is 0.0239. The molecular formula is C31H49NO10. The molecule has 1 rings (SSSR count). The maximum atomic E-state index is 12.8. The Balaban J connectivity index is 3.15. The predicted octanol–water partition coefficient (Wildman–Crippen LogP) is 6.27. The van der Waals surface area contributed by atoms with Gasteiger partial charge in [0.05, 0.1) is 20.3 Å². The van der Waals surface area contributed by atoms with E-state index in [-0.39, 0.29) is 55.9 Å². The van der Waals surface area contributed by atoms with Gasteiger partial charge in [0.15, 0.2) is 11.5 Å². The Morgan fingerprint density at radius 3 is 1.95 bits per heavy atom. The number of hydrogen-bond acceptors (Lipinski definition) is 11. The number of carbonyl (C=O) groups is 4. The largest absolute Gasteiger partial charge is 0.513 e. The molecule has 0 radical (unpaired) electrons. The van der Waals surface area contributed by atoms with Crippen molar-refractivity contribution in [1.29, 1.82) is 0 Å². The van der Waals surface area contributed by atoms with E-state index in [1.807, 2.05) is 27.7 Å². The highest BCUT2D eigenvalue weighted by Crippen LogP contribution is 2.32. The minimum Gasteiger partial charge on any atom is -0.468 e. The van der Waals surface area contributed by atoms with Crippen LogP contribution in [0, 0.1) is 5.92 Å². The number of esters is 2. The zero-order valence-corrected chi connectivity index (χ0v) is 26.0. The van der Waals surface area contributed by atoms with Crippen molar-refractivity contribution < 1.29 is 47.6 Å². The molecule has 42 heavy (non-hydrogen) atoms. The fraction of sp³-hybridized carbons (Fsp3) is 0.677. The molecule has 11 heteroatoms. The molecular weight excluding hydrogens is 546 g/mol. The van der Waals surface area contributed by atoms with Crippen LogP contribution >= 0.6 is 0 Å². The molecule has 2 N–H and O–H groups in total. The topological polar surface area (TPSA) is 150 Å². The Bertz CT molecular complexity index is 998. The van der Waals surface area contributed by atoms with E-state index in [1.54, 1.807) is 13.0 Å². The number of hydrogen-bond donors (Lipinski definition) is 1. The third-order valence-electron chi connectivity index (χ3n) is 6.64. The Hall–Kier alpha value is -3.34. The van der Waals surface area contributed by atoms with Crippen LogP contribution in [-0.2, 0) is 35.0 Å². The van der Waals surface area contributed by atoms with E-state index < -0.39 is 29.9 Å². The van der Waals surface area contributed by atoms with Gasteiger partial charge in [-0.2, -0.15) is 0 Å². The Labute approximate surface area is 249 Å². The van der Waals surface area contributed by atoms with Gasteiger partial charge in [0.25, 0.3) is 0 Å². The normalized spacial score (nSPS) is 13.7.